The molecule has 0 aliphatic carbocycles. The molecule has 5 nitrogen and oxygen atoms in total. The van der Waals surface area contributed by atoms with Crippen molar-refractivity contribution in [1.82, 2.24) is 9.13 Å². The average Bonchev–Trinajstić information content (AvgIpc) is 2.45. The molecule has 0 unspecified atom stereocenters. The fraction of sp³-hybridized carbons (Fsp3) is 0.455. The van der Waals surface area contributed by atoms with Gasteiger partial charge in [-0.25, -0.2) is 4.79 Å². The van der Waals surface area contributed by atoms with Gasteiger partial charge in [0.2, 0.25) is 5.88 Å². The van der Waals surface area contributed by atoms with Gasteiger partial charge in [0.25, 0.3) is 5.56 Å². The topological polar surface area (TPSA) is 53.2 Å². The summed E-state index contributed by atoms with van der Waals surface area (Å²) in [5, 5.41) is 0. The second-order valence-corrected chi connectivity index (χ2v) is 4.54. The van der Waals surface area contributed by atoms with Gasteiger partial charge in [-0.15, -0.1) is 0 Å². The third kappa shape index (κ3) is 1.05. The van der Waals surface area contributed by atoms with Crippen molar-refractivity contribution in [2.75, 3.05) is 0 Å². The first-order chi connectivity index (χ1) is 7.28. The second-order valence-electron chi connectivity index (χ2n) is 4.54. The molecule has 2 rings (SSSR count). The number of aromatic nitrogens is 2. The molecule has 0 radical (unpaired) electrons. The summed E-state index contributed by atoms with van der Waals surface area (Å²) in [5.41, 5.74) is -0.784. The molecule has 86 valence electrons. The molecule has 0 fully saturated rings. The van der Waals surface area contributed by atoms with E-state index in [1.165, 1.54) is 11.6 Å². The van der Waals surface area contributed by atoms with Gasteiger partial charge in [0, 0.05) is 14.1 Å². The van der Waals surface area contributed by atoms with E-state index in [9.17, 15) is 9.59 Å². The number of rotatable bonds is 0. The smallest absolute Gasteiger partial charge is 0.333 e. The van der Waals surface area contributed by atoms with Crippen molar-refractivity contribution in [2.45, 2.75) is 19.3 Å². The summed E-state index contributed by atoms with van der Waals surface area (Å²) in [6.45, 7) is 7.49. The third-order valence-corrected chi connectivity index (χ3v) is 3.15. The van der Waals surface area contributed by atoms with Crippen LogP contribution in [-0.4, -0.2) is 9.13 Å². The molecule has 0 atom stereocenters. The molecule has 0 bridgehead atoms. The van der Waals surface area contributed by atoms with Gasteiger partial charge < -0.3 is 4.74 Å². The van der Waals surface area contributed by atoms with Crippen molar-refractivity contribution in [1.29, 1.82) is 0 Å². The van der Waals surface area contributed by atoms with Crippen LogP contribution in [0.15, 0.2) is 21.9 Å². The zero-order chi connectivity index (χ0) is 12.2. The Bertz CT molecular complexity index is 605. The molecule has 1 aliphatic heterocycles. The van der Waals surface area contributed by atoms with Gasteiger partial charge in [-0.3, -0.25) is 13.9 Å². The van der Waals surface area contributed by atoms with Crippen molar-refractivity contribution in [2.24, 2.45) is 14.1 Å². The number of hydrogen-bond acceptors (Lipinski definition) is 3. The predicted molar refractivity (Wildman–Crippen MR) is 59.7 cm³/mol. The van der Waals surface area contributed by atoms with Crippen LogP contribution in [0, 0.1) is 0 Å². The molecule has 1 aliphatic rings. The molecule has 0 saturated heterocycles. The molecular weight excluding hydrogens is 208 g/mol. The molecule has 16 heavy (non-hydrogen) atoms. The van der Waals surface area contributed by atoms with Crippen molar-refractivity contribution in [3.8, 4) is 5.88 Å². The molecule has 0 amide bonds. The van der Waals surface area contributed by atoms with Crippen LogP contribution in [0.5, 0.6) is 5.88 Å². The summed E-state index contributed by atoms with van der Waals surface area (Å²) in [7, 11) is 3.04. The zero-order valence-corrected chi connectivity index (χ0v) is 9.83. The fourth-order valence-electron chi connectivity index (χ4n) is 1.86. The second kappa shape index (κ2) is 2.87. The maximum Gasteiger partial charge on any atom is 0.333 e. The molecule has 1 aromatic heterocycles. The monoisotopic (exact) mass is 222 g/mol. The first-order valence-corrected chi connectivity index (χ1v) is 4.96. The number of ether oxygens (including phenoxy) is 1. The van der Waals surface area contributed by atoms with E-state index in [1.54, 1.807) is 7.05 Å². The number of nitrogens with zero attached hydrogens (tertiary/aromatic N) is 2. The van der Waals surface area contributed by atoms with Crippen LogP contribution in [-0.2, 0) is 19.5 Å². The lowest BCUT2D eigenvalue weighted by molar-refractivity contribution is 0.371. The first kappa shape index (κ1) is 10.7. The van der Waals surface area contributed by atoms with Crippen LogP contribution in [0.25, 0.3) is 0 Å². The van der Waals surface area contributed by atoms with Gasteiger partial charge in [-0.2, -0.15) is 0 Å². The standard InChI is InChI=1S/C11H14N2O3/c1-6-11(2,3)7-8(14)12(4)10(15)13(5)9(7)16-6/h1H2,2-5H3. The fourth-order valence-corrected chi connectivity index (χ4v) is 1.86. The maximum absolute atomic E-state index is 12.0. The Morgan fingerprint density at radius 3 is 2.31 bits per heavy atom. The maximum atomic E-state index is 12.0. The Morgan fingerprint density at radius 1 is 1.19 bits per heavy atom. The zero-order valence-electron chi connectivity index (χ0n) is 9.83. The van der Waals surface area contributed by atoms with Crippen molar-refractivity contribution in [3.63, 3.8) is 0 Å². The molecule has 0 saturated carbocycles. The van der Waals surface area contributed by atoms with Crippen molar-refractivity contribution in [3.05, 3.63) is 38.7 Å². The van der Waals surface area contributed by atoms with Gasteiger partial charge in [-0.1, -0.05) is 6.58 Å². The lowest BCUT2D eigenvalue weighted by Crippen LogP contribution is -2.40. The first-order valence-electron chi connectivity index (χ1n) is 4.96. The molecule has 0 aromatic carbocycles. The molecule has 0 N–H and O–H groups in total. The highest BCUT2D eigenvalue weighted by atomic mass is 16.5. The van der Waals surface area contributed by atoms with E-state index in [0.29, 0.717) is 17.2 Å². The van der Waals surface area contributed by atoms with Crippen LogP contribution < -0.4 is 16.0 Å². The van der Waals surface area contributed by atoms with E-state index in [2.05, 4.69) is 6.58 Å². The highest BCUT2D eigenvalue weighted by Gasteiger charge is 2.41. The lowest BCUT2D eigenvalue weighted by atomic mass is 9.86. The Morgan fingerprint density at radius 2 is 1.75 bits per heavy atom. The van der Waals surface area contributed by atoms with Crippen LogP contribution >= 0.6 is 0 Å². The molecule has 0 spiro atoms. The molecule has 2 heterocycles. The van der Waals surface area contributed by atoms with E-state index >= 15 is 0 Å². The Labute approximate surface area is 92.6 Å². The summed E-state index contributed by atoms with van der Waals surface area (Å²) in [6, 6.07) is 0. The van der Waals surface area contributed by atoms with Gasteiger partial charge in [0.05, 0.1) is 11.0 Å². The highest BCUT2D eigenvalue weighted by Crippen LogP contribution is 2.40. The van der Waals surface area contributed by atoms with Crippen molar-refractivity contribution >= 4 is 0 Å². The minimum Gasteiger partial charge on any atom is -0.444 e. The minimum atomic E-state index is -0.560. The quantitative estimate of drug-likeness (QED) is 0.633. The van der Waals surface area contributed by atoms with Gasteiger partial charge in [0.15, 0.2) is 0 Å². The van der Waals surface area contributed by atoms with Gasteiger partial charge in [0.1, 0.15) is 5.76 Å². The average molecular weight is 222 g/mol. The predicted octanol–water partition coefficient (Wildman–Crippen LogP) is 0.268. The van der Waals surface area contributed by atoms with Crippen LogP contribution in [0.2, 0.25) is 0 Å². The summed E-state index contributed by atoms with van der Waals surface area (Å²) in [5.74, 6) is 0.795. The molecular formula is C11H14N2O3. The van der Waals surface area contributed by atoms with E-state index in [4.69, 9.17) is 4.74 Å². The SMILES string of the molecule is C=C1Oc2c(c(=O)n(C)c(=O)n2C)C1(C)C. The van der Waals surface area contributed by atoms with Gasteiger partial charge >= 0.3 is 5.69 Å². The number of fused-ring (bicyclic) bond motifs is 1. The number of allylic oxidation sites excluding steroid dienone is 1. The van der Waals surface area contributed by atoms with Crippen LogP contribution in [0.1, 0.15) is 19.4 Å². The Balaban J connectivity index is 2.99. The summed E-state index contributed by atoms with van der Waals surface area (Å²) in [4.78, 5) is 23.7. The molecule has 1 aromatic rings. The normalized spacial score (nSPS) is 17.1. The summed E-state index contributed by atoms with van der Waals surface area (Å²) < 4.78 is 7.84. The Hall–Kier alpha value is -1.78. The molecule has 5 heteroatoms. The van der Waals surface area contributed by atoms with E-state index in [0.717, 1.165) is 4.57 Å². The van der Waals surface area contributed by atoms with Crippen molar-refractivity contribution < 1.29 is 4.74 Å². The highest BCUT2D eigenvalue weighted by molar-refractivity contribution is 5.44. The minimum absolute atomic E-state index is 0.308. The Kier molecular flexibility index (Phi) is 1.93. The number of hydrogen-bond donors (Lipinski definition) is 0. The van der Waals surface area contributed by atoms with Gasteiger partial charge in [-0.05, 0) is 13.8 Å². The largest absolute Gasteiger partial charge is 0.444 e. The van der Waals surface area contributed by atoms with E-state index < -0.39 is 11.1 Å². The van der Waals surface area contributed by atoms with Crippen LogP contribution in [0.4, 0.5) is 0 Å². The summed E-state index contributed by atoms with van der Waals surface area (Å²) in [6.07, 6.45) is 0. The third-order valence-electron chi connectivity index (χ3n) is 3.15. The summed E-state index contributed by atoms with van der Waals surface area (Å²) >= 11 is 0. The van der Waals surface area contributed by atoms with E-state index in [1.807, 2.05) is 13.8 Å². The lowest BCUT2D eigenvalue weighted by Gasteiger charge is -2.16. The van der Waals surface area contributed by atoms with Crippen LogP contribution in [0.3, 0.4) is 0 Å². The van der Waals surface area contributed by atoms with E-state index in [-0.39, 0.29) is 5.56 Å².